The summed E-state index contributed by atoms with van der Waals surface area (Å²) in [4.78, 5) is 2.70. The van der Waals surface area contributed by atoms with Crippen LogP contribution < -0.4 is 0 Å². The molecule has 3 fully saturated rings. The molecule has 114 valence electrons. The summed E-state index contributed by atoms with van der Waals surface area (Å²) in [6.07, 6.45) is 10.1. The number of likely N-dealkylation sites (tertiary alicyclic amines) is 1. The van der Waals surface area contributed by atoms with Gasteiger partial charge >= 0.3 is 0 Å². The first-order valence-corrected chi connectivity index (χ1v) is 9.04. The van der Waals surface area contributed by atoms with Gasteiger partial charge in [-0.05, 0) is 67.0 Å². The van der Waals surface area contributed by atoms with Crippen LogP contribution in [0.1, 0.15) is 68.9 Å². The highest BCUT2D eigenvalue weighted by Gasteiger charge is 2.42. The largest absolute Gasteiger partial charge is 0.299 e. The third-order valence-electron chi connectivity index (χ3n) is 6.46. The van der Waals surface area contributed by atoms with E-state index >= 15 is 0 Å². The molecule has 0 radical (unpaired) electrons. The fourth-order valence-corrected chi connectivity index (χ4v) is 4.96. The average Bonchev–Trinajstić information content (AvgIpc) is 3.05. The summed E-state index contributed by atoms with van der Waals surface area (Å²) >= 11 is 0. The topological polar surface area (TPSA) is 3.24 Å². The molecule has 1 aliphatic heterocycles. The number of benzene rings is 1. The maximum absolute atomic E-state index is 2.70. The highest BCUT2D eigenvalue weighted by molar-refractivity contribution is 5.27. The summed E-state index contributed by atoms with van der Waals surface area (Å²) in [5.74, 6) is 1.76. The van der Waals surface area contributed by atoms with Gasteiger partial charge < -0.3 is 0 Å². The SMILES string of the molecule is CC1CCC(c2cccc(CN3CCC4(CCC4)C3)c2)C1. The van der Waals surface area contributed by atoms with Crippen molar-refractivity contribution >= 4 is 0 Å². The van der Waals surface area contributed by atoms with E-state index in [0.29, 0.717) is 0 Å². The van der Waals surface area contributed by atoms with Crippen LogP contribution in [-0.2, 0) is 6.54 Å². The fraction of sp³-hybridized carbons (Fsp3) is 0.700. The van der Waals surface area contributed by atoms with Crippen LogP contribution in [0.15, 0.2) is 24.3 Å². The molecule has 1 aromatic carbocycles. The minimum absolute atomic E-state index is 0.735. The van der Waals surface area contributed by atoms with E-state index in [4.69, 9.17) is 0 Å². The van der Waals surface area contributed by atoms with Crippen LogP contribution in [0, 0.1) is 11.3 Å². The molecule has 4 rings (SSSR count). The quantitative estimate of drug-likeness (QED) is 0.757. The second kappa shape index (κ2) is 5.43. The lowest BCUT2D eigenvalue weighted by molar-refractivity contribution is 0.137. The highest BCUT2D eigenvalue weighted by Crippen LogP contribution is 2.48. The van der Waals surface area contributed by atoms with Crippen molar-refractivity contribution in [2.45, 2.75) is 64.3 Å². The van der Waals surface area contributed by atoms with Crippen molar-refractivity contribution in [1.29, 1.82) is 0 Å². The van der Waals surface area contributed by atoms with E-state index < -0.39 is 0 Å². The molecule has 21 heavy (non-hydrogen) atoms. The predicted octanol–water partition coefficient (Wildman–Crippen LogP) is 4.97. The Hall–Kier alpha value is -0.820. The minimum Gasteiger partial charge on any atom is -0.299 e. The average molecular weight is 283 g/mol. The summed E-state index contributed by atoms with van der Waals surface area (Å²) in [6.45, 7) is 6.27. The van der Waals surface area contributed by atoms with Gasteiger partial charge in [0.25, 0.3) is 0 Å². The number of hydrogen-bond acceptors (Lipinski definition) is 1. The molecular formula is C20H29N. The van der Waals surface area contributed by atoms with E-state index in [-0.39, 0.29) is 0 Å². The van der Waals surface area contributed by atoms with E-state index in [0.717, 1.165) is 17.3 Å². The Labute approximate surface area is 129 Å². The zero-order chi connectivity index (χ0) is 14.3. The Bertz CT molecular complexity index is 502. The van der Waals surface area contributed by atoms with Gasteiger partial charge in [0.15, 0.2) is 0 Å². The molecule has 0 bridgehead atoms. The van der Waals surface area contributed by atoms with Crippen molar-refractivity contribution < 1.29 is 0 Å². The van der Waals surface area contributed by atoms with Crippen LogP contribution in [0.3, 0.4) is 0 Å². The maximum atomic E-state index is 2.70. The second-order valence-corrected chi connectivity index (χ2v) is 8.17. The molecular weight excluding hydrogens is 254 g/mol. The van der Waals surface area contributed by atoms with E-state index in [1.165, 1.54) is 64.6 Å². The van der Waals surface area contributed by atoms with E-state index in [1.54, 1.807) is 11.1 Å². The van der Waals surface area contributed by atoms with Crippen LogP contribution in [0.2, 0.25) is 0 Å². The first-order chi connectivity index (χ1) is 10.2. The number of hydrogen-bond donors (Lipinski definition) is 0. The van der Waals surface area contributed by atoms with Crippen LogP contribution >= 0.6 is 0 Å². The van der Waals surface area contributed by atoms with Crippen molar-refractivity contribution in [2.75, 3.05) is 13.1 Å². The summed E-state index contributed by atoms with van der Waals surface area (Å²) in [5, 5.41) is 0. The molecule has 0 aromatic heterocycles. The van der Waals surface area contributed by atoms with Gasteiger partial charge in [-0.15, -0.1) is 0 Å². The van der Waals surface area contributed by atoms with Crippen molar-refractivity contribution in [3.8, 4) is 0 Å². The Morgan fingerprint density at radius 3 is 2.76 bits per heavy atom. The summed E-state index contributed by atoms with van der Waals surface area (Å²) in [6, 6.07) is 9.51. The normalized spacial score (nSPS) is 31.7. The van der Waals surface area contributed by atoms with Gasteiger partial charge in [0.05, 0.1) is 0 Å². The molecule has 1 saturated heterocycles. The molecule has 2 atom stereocenters. The molecule has 2 saturated carbocycles. The van der Waals surface area contributed by atoms with Gasteiger partial charge in [0.2, 0.25) is 0 Å². The Morgan fingerprint density at radius 2 is 2.10 bits per heavy atom. The highest BCUT2D eigenvalue weighted by atomic mass is 15.2. The van der Waals surface area contributed by atoms with Gasteiger partial charge in [-0.3, -0.25) is 4.90 Å². The smallest absolute Gasteiger partial charge is 0.0234 e. The van der Waals surface area contributed by atoms with Crippen molar-refractivity contribution in [3.63, 3.8) is 0 Å². The molecule has 0 N–H and O–H groups in total. The molecule has 1 aromatic rings. The molecule has 0 amide bonds. The minimum atomic E-state index is 0.735. The lowest BCUT2D eigenvalue weighted by atomic mass is 9.68. The van der Waals surface area contributed by atoms with Crippen LogP contribution in [0.4, 0.5) is 0 Å². The zero-order valence-electron chi connectivity index (χ0n) is 13.5. The van der Waals surface area contributed by atoms with Gasteiger partial charge in [0, 0.05) is 13.1 Å². The number of nitrogens with zero attached hydrogens (tertiary/aromatic N) is 1. The lowest BCUT2D eigenvalue weighted by Gasteiger charge is -2.38. The Morgan fingerprint density at radius 1 is 1.19 bits per heavy atom. The van der Waals surface area contributed by atoms with E-state index in [2.05, 4.69) is 36.1 Å². The predicted molar refractivity (Wildman–Crippen MR) is 88.4 cm³/mol. The molecule has 3 aliphatic rings. The third-order valence-corrected chi connectivity index (χ3v) is 6.46. The lowest BCUT2D eigenvalue weighted by Crippen LogP contribution is -2.32. The Balaban J connectivity index is 1.41. The summed E-state index contributed by atoms with van der Waals surface area (Å²) < 4.78 is 0. The third kappa shape index (κ3) is 2.77. The van der Waals surface area contributed by atoms with Gasteiger partial charge in [-0.25, -0.2) is 0 Å². The van der Waals surface area contributed by atoms with Gasteiger partial charge in [-0.1, -0.05) is 44.0 Å². The molecule has 2 unspecified atom stereocenters. The van der Waals surface area contributed by atoms with Gasteiger partial charge in [-0.2, -0.15) is 0 Å². The standard InChI is InChI=1S/C20H29N/c1-16-6-7-19(12-16)18-5-2-4-17(13-18)14-21-11-10-20(15-21)8-3-9-20/h2,4-5,13,16,19H,3,6-12,14-15H2,1H3. The molecule has 2 aliphatic carbocycles. The fourth-order valence-electron chi connectivity index (χ4n) is 4.96. The first kappa shape index (κ1) is 13.8. The van der Waals surface area contributed by atoms with Crippen molar-refractivity contribution in [3.05, 3.63) is 35.4 Å². The summed E-state index contributed by atoms with van der Waals surface area (Å²) in [5.41, 5.74) is 3.89. The molecule has 1 heterocycles. The Kier molecular flexibility index (Phi) is 3.57. The number of rotatable bonds is 3. The van der Waals surface area contributed by atoms with E-state index in [9.17, 15) is 0 Å². The molecule has 1 spiro atoms. The molecule has 1 heteroatoms. The molecule has 1 nitrogen and oxygen atoms in total. The van der Waals surface area contributed by atoms with Crippen molar-refractivity contribution in [2.24, 2.45) is 11.3 Å². The summed E-state index contributed by atoms with van der Waals surface area (Å²) in [7, 11) is 0. The van der Waals surface area contributed by atoms with Crippen molar-refractivity contribution in [1.82, 2.24) is 4.90 Å². The maximum Gasteiger partial charge on any atom is 0.0234 e. The second-order valence-electron chi connectivity index (χ2n) is 8.17. The van der Waals surface area contributed by atoms with E-state index in [1.807, 2.05) is 0 Å². The van der Waals surface area contributed by atoms with Crippen LogP contribution in [0.5, 0.6) is 0 Å². The van der Waals surface area contributed by atoms with Crippen LogP contribution in [0.25, 0.3) is 0 Å². The zero-order valence-corrected chi connectivity index (χ0v) is 13.5. The first-order valence-electron chi connectivity index (χ1n) is 9.04. The van der Waals surface area contributed by atoms with Crippen LogP contribution in [-0.4, -0.2) is 18.0 Å². The monoisotopic (exact) mass is 283 g/mol. The van der Waals surface area contributed by atoms with Gasteiger partial charge in [0.1, 0.15) is 0 Å².